The van der Waals surface area contributed by atoms with Crippen LogP contribution in [0.5, 0.6) is 0 Å². The number of nitrogens with zero attached hydrogens (tertiary/aromatic N) is 2. The topological polar surface area (TPSA) is 91.3 Å². The van der Waals surface area contributed by atoms with Gasteiger partial charge in [0, 0.05) is 25.2 Å². The first-order valence-corrected chi connectivity index (χ1v) is 7.33. The number of aromatic nitrogens is 1. The second-order valence-electron chi connectivity index (χ2n) is 5.91. The molecule has 1 amide bonds. The Morgan fingerprint density at radius 3 is 2.81 bits per heavy atom. The summed E-state index contributed by atoms with van der Waals surface area (Å²) in [6, 6.07) is 3.13. The average Bonchev–Trinajstić information content (AvgIpc) is 3.07. The van der Waals surface area contributed by atoms with Gasteiger partial charge in [-0.3, -0.25) is 4.79 Å². The molecule has 1 aromatic heterocycles. The van der Waals surface area contributed by atoms with Crippen molar-refractivity contribution in [1.29, 1.82) is 0 Å². The molecule has 7 heteroatoms. The number of nitrogens with one attached hydrogen (secondary N) is 2. The van der Waals surface area contributed by atoms with Gasteiger partial charge in [0.1, 0.15) is 0 Å². The van der Waals surface area contributed by atoms with Gasteiger partial charge in [-0.1, -0.05) is 13.8 Å². The van der Waals surface area contributed by atoms with Crippen LogP contribution in [0.1, 0.15) is 37.2 Å². The number of aromatic amines is 1. The molecule has 1 aromatic rings. The summed E-state index contributed by atoms with van der Waals surface area (Å²) in [6.07, 6.45) is 2.19. The largest absolute Gasteiger partial charge is 0.358 e. The predicted octanol–water partition coefficient (Wildman–Crippen LogP) is 1.77. The number of amides is 1. The summed E-state index contributed by atoms with van der Waals surface area (Å²) in [5.41, 5.74) is 0.278. The molecule has 1 unspecified atom stereocenters. The van der Waals surface area contributed by atoms with Gasteiger partial charge < -0.3 is 20.3 Å². The Labute approximate surface area is 123 Å². The first-order valence-electron chi connectivity index (χ1n) is 7.33. The molecule has 2 rings (SSSR count). The first kappa shape index (κ1) is 15.5. The number of carbonyl (C=O) groups excluding carboxylic acids is 1. The molecule has 0 bridgehead atoms. The average molecular weight is 294 g/mol. The van der Waals surface area contributed by atoms with Gasteiger partial charge in [-0.2, -0.15) is 0 Å². The van der Waals surface area contributed by atoms with Crippen LogP contribution in [0.3, 0.4) is 0 Å². The van der Waals surface area contributed by atoms with Crippen molar-refractivity contribution in [2.75, 3.05) is 19.6 Å². The van der Waals surface area contributed by atoms with Gasteiger partial charge in [-0.15, -0.1) is 0 Å². The fraction of sp³-hybridized carbons (Fsp3) is 0.643. The van der Waals surface area contributed by atoms with Crippen molar-refractivity contribution in [1.82, 2.24) is 15.2 Å². The van der Waals surface area contributed by atoms with Crippen LogP contribution in [0.25, 0.3) is 0 Å². The SMILES string of the molecule is CC(C)CN(CC1CCCN1)C(=O)c1ccc([N+](=O)[O-])[nH]1. The summed E-state index contributed by atoms with van der Waals surface area (Å²) in [6.45, 7) is 6.38. The molecule has 1 atom stereocenters. The van der Waals surface area contributed by atoms with E-state index in [0.717, 1.165) is 19.4 Å². The monoisotopic (exact) mass is 294 g/mol. The predicted molar refractivity (Wildman–Crippen MR) is 79.2 cm³/mol. The van der Waals surface area contributed by atoms with Crippen molar-refractivity contribution >= 4 is 11.7 Å². The molecule has 0 aliphatic carbocycles. The molecule has 21 heavy (non-hydrogen) atoms. The Kier molecular flexibility index (Phi) is 4.95. The lowest BCUT2D eigenvalue weighted by molar-refractivity contribution is -0.389. The number of carbonyl (C=O) groups is 1. The Hall–Kier alpha value is -1.89. The minimum absolute atomic E-state index is 0.151. The Morgan fingerprint density at radius 1 is 1.52 bits per heavy atom. The van der Waals surface area contributed by atoms with Crippen LogP contribution in [-0.4, -0.2) is 46.4 Å². The van der Waals surface area contributed by atoms with Crippen LogP contribution in [0.4, 0.5) is 5.82 Å². The Bertz CT molecular complexity index is 506. The van der Waals surface area contributed by atoms with E-state index in [9.17, 15) is 14.9 Å². The number of rotatable bonds is 6. The molecule has 7 nitrogen and oxygen atoms in total. The number of nitro groups is 1. The molecule has 1 aliphatic heterocycles. The molecule has 0 spiro atoms. The van der Waals surface area contributed by atoms with Crippen molar-refractivity contribution in [2.24, 2.45) is 5.92 Å². The van der Waals surface area contributed by atoms with Gasteiger partial charge in [0.25, 0.3) is 5.91 Å². The van der Waals surface area contributed by atoms with Crippen LogP contribution in [0, 0.1) is 16.0 Å². The lowest BCUT2D eigenvalue weighted by atomic mass is 10.1. The molecule has 2 heterocycles. The third-order valence-electron chi connectivity index (χ3n) is 3.57. The van der Waals surface area contributed by atoms with Crippen LogP contribution < -0.4 is 5.32 Å². The Morgan fingerprint density at radius 2 is 2.29 bits per heavy atom. The zero-order valence-corrected chi connectivity index (χ0v) is 12.5. The molecule has 1 saturated heterocycles. The standard InChI is InChI=1S/C14H22N4O3/c1-10(2)8-17(9-11-4-3-7-15-11)14(19)12-5-6-13(16-12)18(20)21/h5-6,10-11,15-16H,3-4,7-9H2,1-2H3. The molecular formula is C14H22N4O3. The number of H-pyrrole nitrogens is 1. The summed E-state index contributed by atoms with van der Waals surface area (Å²) in [7, 11) is 0. The summed E-state index contributed by atoms with van der Waals surface area (Å²) in [5, 5.41) is 14.1. The van der Waals surface area contributed by atoms with Crippen molar-refractivity contribution in [3.05, 3.63) is 27.9 Å². The van der Waals surface area contributed by atoms with E-state index in [1.54, 1.807) is 4.90 Å². The van der Waals surface area contributed by atoms with Gasteiger partial charge in [0.2, 0.25) is 0 Å². The summed E-state index contributed by atoms with van der Waals surface area (Å²) in [4.78, 5) is 27.1. The fourth-order valence-corrected chi connectivity index (χ4v) is 2.64. The molecule has 116 valence electrons. The maximum atomic E-state index is 12.5. The van der Waals surface area contributed by atoms with Gasteiger partial charge in [-0.05, 0) is 36.3 Å². The molecule has 0 radical (unpaired) electrons. The summed E-state index contributed by atoms with van der Waals surface area (Å²) < 4.78 is 0. The van der Waals surface area contributed by atoms with Crippen LogP contribution in [-0.2, 0) is 0 Å². The summed E-state index contributed by atoms with van der Waals surface area (Å²) in [5.74, 6) is 0.0210. The second kappa shape index (κ2) is 6.71. The second-order valence-corrected chi connectivity index (χ2v) is 5.91. The molecule has 1 aliphatic rings. The van der Waals surface area contributed by atoms with E-state index in [1.807, 2.05) is 0 Å². The highest BCUT2D eigenvalue weighted by molar-refractivity contribution is 5.93. The van der Waals surface area contributed by atoms with E-state index >= 15 is 0 Å². The van der Waals surface area contributed by atoms with Gasteiger partial charge in [-0.25, -0.2) is 4.98 Å². The molecule has 0 aromatic carbocycles. The molecule has 2 N–H and O–H groups in total. The highest BCUT2D eigenvalue weighted by Crippen LogP contribution is 2.15. The number of hydrogen-bond donors (Lipinski definition) is 2. The van der Waals surface area contributed by atoms with E-state index in [2.05, 4.69) is 24.1 Å². The summed E-state index contributed by atoms with van der Waals surface area (Å²) >= 11 is 0. The van der Waals surface area contributed by atoms with E-state index in [-0.39, 0.29) is 17.4 Å². The normalized spacial score (nSPS) is 18.1. The third kappa shape index (κ3) is 4.04. The van der Waals surface area contributed by atoms with E-state index in [0.29, 0.717) is 25.0 Å². The molecular weight excluding hydrogens is 272 g/mol. The van der Waals surface area contributed by atoms with Gasteiger partial charge >= 0.3 is 5.82 Å². The minimum Gasteiger partial charge on any atom is -0.358 e. The number of hydrogen-bond acceptors (Lipinski definition) is 4. The zero-order chi connectivity index (χ0) is 15.4. The van der Waals surface area contributed by atoms with Crippen LogP contribution >= 0.6 is 0 Å². The minimum atomic E-state index is -0.526. The van der Waals surface area contributed by atoms with E-state index in [1.165, 1.54) is 12.1 Å². The van der Waals surface area contributed by atoms with Crippen molar-refractivity contribution in [2.45, 2.75) is 32.7 Å². The highest BCUT2D eigenvalue weighted by atomic mass is 16.6. The highest BCUT2D eigenvalue weighted by Gasteiger charge is 2.26. The van der Waals surface area contributed by atoms with Crippen molar-refractivity contribution < 1.29 is 9.72 Å². The quantitative estimate of drug-likeness (QED) is 0.618. The molecule has 0 saturated carbocycles. The van der Waals surface area contributed by atoms with Crippen molar-refractivity contribution in [3.63, 3.8) is 0 Å². The smallest absolute Gasteiger partial charge is 0.321 e. The fourth-order valence-electron chi connectivity index (χ4n) is 2.64. The first-order chi connectivity index (χ1) is 9.97. The maximum absolute atomic E-state index is 12.5. The Balaban J connectivity index is 2.09. The van der Waals surface area contributed by atoms with Crippen LogP contribution in [0.2, 0.25) is 0 Å². The van der Waals surface area contributed by atoms with Crippen molar-refractivity contribution in [3.8, 4) is 0 Å². The third-order valence-corrected chi connectivity index (χ3v) is 3.57. The molecule has 1 fully saturated rings. The van der Waals surface area contributed by atoms with Gasteiger partial charge in [0.15, 0.2) is 5.69 Å². The van der Waals surface area contributed by atoms with E-state index < -0.39 is 4.92 Å². The zero-order valence-electron chi connectivity index (χ0n) is 12.5. The van der Waals surface area contributed by atoms with Crippen LogP contribution in [0.15, 0.2) is 12.1 Å². The van der Waals surface area contributed by atoms with E-state index in [4.69, 9.17) is 0 Å². The lowest BCUT2D eigenvalue weighted by Crippen LogP contribution is -2.43. The lowest BCUT2D eigenvalue weighted by Gasteiger charge is -2.26. The van der Waals surface area contributed by atoms with Gasteiger partial charge in [0.05, 0.1) is 0 Å². The maximum Gasteiger partial charge on any atom is 0.321 e.